The number of nitrogens with zero attached hydrogens (tertiary/aromatic N) is 2. The summed E-state index contributed by atoms with van der Waals surface area (Å²) in [5.74, 6) is 0. The third-order valence-electron chi connectivity index (χ3n) is 2.83. The SMILES string of the molecule is CCC(C)n1cc(-c2ccccc2Br)cn1. The number of halogens is 1. The second-order valence-corrected chi connectivity index (χ2v) is 4.80. The molecule has 0 aliphatic carbocycles. The van der Waals surface area contributed by atoms with Gasteiger partial charge >= 0.3 is 0 Å². The van der Waals surface area contributed by atoms with E-state index in [2.05, 4.69) is 53.2 Å². The van der Waals surface area contributed by atoms with Crippen molar-refractivity contribution in [2.45, 2.75) is 26.3 Å². The Morgan fingerprint density at radius 3 is 2.81 bits per heavy atom. The van der Waals surface area contributed by atoms with Crippen LogP contribution in [0.3, 0.4) is 0 Å². The molecular formula is C13H15BrN2. The van der Waals surface area contributed by atoms with Crippen LogP contribution in [0.15, 0.2) is 41.1 Å². The highest BCUT2D eigenvalue weighted by Crippen LogP contribution is 2.28. The van der Waals surface area contributed by atoms with Gasteiger partial charge in [-0.1, -0.05) is 41.1 Å². The molecule has 0 bridgehead atoms. The molecular weight excluding hydrogens is 264 g/mol. The van der Waals surface area contributed by atoms with Crippen LogP contribution < -0.4 is 0 Å². The zero-order valence-corrected chi connectivity index (χ0v) is 11.1. The minimum absolute atomic E-state index is 0.455. The molecule has 0 fully saturated rings. The molecule has 0 saturated heterocycles. The van der Waals surface area contributed by atoms with E-state index in [4.69, 9.17) is 0 Å². The van der Waals surface area contributed by atoms with Crippen molar-refractivity contribution in [2.24, 2.45) is 0 Å². The standard InChI is InChI=1S/C13H15BrN2/c1-3-10(2)16-9-11(8-15-16)12-6-4-5-7-13(12)14/h4-10H,3H2,1-2H3. The predicted molar refractivity (Wildman–Crippen MR) is 70.4 cm³/mol. The van der Waals surface area contributed by atoms with Gasteiger partial charge in [0.1, 0.15) is 0 Å². The Kier molecular flexibility index (Phi) is 3.44. The van der Waals surface area contributed by atoms with Crippen LogP contribution in [0.1, 0.15) is 26.3 Å². The lowest BCUT2D eigenvalue weighted by Crippen LogP contribution is -2.03. The zero-order chi connectivity index (χ0) is 11.5. The summed E-state index contributed by atoms with van der Waals surface area (Å²) in [7, 11) is 0. The van der Waals surface area contributed by atoms with Gasteiger partial charge in [0.25, 0.3) is 0 Å². The molecule has 0 spiro atoms. The van der Waals surface area contributed by atoms with Crippen molar-refractivity contribution >= 4 is 15.9 Å². The normalized spacial score (nSPS) is 12.7. The molecule has 0 radical (unpaired) electrons. The quantitative estimate of drug-likeness (QED) is 0.819. The number of rotatable bonds is 3. The third kappa shape index (κ3) is 2.19. The average molecular weight is 279 g/mol. The fourth-order valence-electron chi connectivity index (χ4n) is 1.60. The summed E-state index contributed by atoms with van der Waals surface area (Å²) in [5, 5.41) is 4.40. The molecule has 1 unspecified atom stereocenters. The van der Waals surface area contributed by atoms with Crippen molar-refractivity contribution < 1.29 is 0 Å². The summed E-state index contributed by atoms with van der Waals surface area (Å²) < 4.78 is 3.13. The van der Waals surface area contributed by atoms with Crippen LogP contribution in [-0.4, -0.2) is 9.78 Å². The number of hydrogen-bond donors (Lipinski definition) is 0. The predicted octanol–water partition coefficient (Wildman–Crippen LogP) is 4.28. The first kappa shape index (κ1) is 11.4. The Hall–Kier alpha value is -1.09. The molecule has 84 valence electrons. The molecule has 1 aromatic heterocycles. The van der Waals surface area contributed by atoms with Gasteiger partial charge in [-0.2, -0.15) is 5.10 Å². The minimum atomic E-state index is 0.455. The third-order valence-corrected chi connectivity index (χ3v) is 3.52. The van der Waals surface area contributed by atoms with Gasteiger partial charge in [-0.05, 0) is 25.0 Å². The van der Waals surface area contributed by atoms with E-state index in [-0.39, 0.29) is 0 Å². The Morgan fingerprint density at radius 2 is 2.12 bits per heavy atom. The summed E-state index contributed by atoms with van der Waals surface area (Å²) in [6, 6.07) is 8.67. The van der Waals surface area contributed by atoms with Crippen molar-refractivity contribution in [2.75, 3.05) is 0 Å². The van der Waals surface area contributed by atoms with Gasteiger partial charge in [0.15, 0.2) is 0 Å². The molecule has 16 heavy (non-hydrogen) atoms. The number of aromatic nitrogens is 2. The van der Waals surface area contributed by atoms with Gasteiger partial charge in [0, 0.05) is 22.3 Å². The maximum absolute atomic E-state index is 4.40. The van der Waals surface area contributed by atoms with Crippen molar-refractivity contribution in [1.29, 1.82) is 0 Å². The molecule has 0 N–H and O–H groups in total. The van der Waals surface area contributed by atoms with Crippen LogP contribution in [-0.2, 0) is 0 Å². The first-order valence-electron chi connectivity index (χ1n) is 5.51. The largest absolute Gasteiger partial charge is 0.269 e. The van der Waals surface area contributed by atoms with Gasteiger partial charge < -0.3 is 0 Å². The van der Waals surface area contributed by atoms with E-state index < -0.39 is 0 Å². The maximum atomic E-state index is 4.40. The van der Waals surface area contributed by atoms with E-state index in [1.807, 2.05) is 23.0 Å². The lowest BCUT2D eigenvalue weighted by Gasteiger charge is -2.07. The molecule has 0 aliphatic rings. The molecule has 1 atom stereocenters. The van der Waals surface area contributed by atoms with Crippen molar-refractivity contribution in [3.8, 4) is 11.1 Å². The lowest BCUT2D eigenvalue weighted by atomic mass is 10.1. The maximum Gasteiger partial charge on any atom is 0.0568 e. The van der Waals surface area contributed by atoms with Crippen LogP contribution in [0.5, 0.6) is 0 Å². The Morgan fingerprint density at radius 1 is 1.38 bits per heavy atom. The highest BCUT2D eigenvalue weighted by atomic mass is 79.9. The topological polar surface area (TPSA) is 17.8 Å². The molecule has 0 amide bonds. The Balaban J connectivity index is 2.35. The van der Waals surface area contributed by atoms with E-state index >= 15 is 0 Å². The molecule has 0 saturated carbocycles. The van der Waals surface area contributed by atoms with E-state index in [9.17, 15) is 0 Å². The number of hydrogen-bond acceptors (Lipinski definition) is 1. The van der Waals surface area contributed by atoms with Gasteiger partial charge in [-0.15, -0.1) is 0 Å². The first-order valence-corrected chi connectivity index (χ1v) is 6.30. The minimum Gasteiger partial charge on any atom is -0.269 e. The van der Waals surface area contributed by atoms with Crippen LogP contribution in [0.25, 0.3) is 11.1 Å². The molecule has 1 heterocycles. The van der Waals surface area contributed by atoms with Gasteiger partial charge in [0.05, 0.1) is 6.20 Å². The van der Waals surface area contributed by atoms with Gasteiger partial charge in [0.2, 0.25) is 0 Å². The Labute approximate surface area is 104 Å². The Bertz CT molecular complexity index is 476. The lowest BCUT2D eigenvalue weighted by molar-refractivity contribution is 0.478. The monoisotopic (exact) mass is 278 g/mol. The summed E-state index contributed by atoms with van der Waals surface area (Å²) in [6.07, 6.45) is 5.12. The van der Waals surface area contributed by atoms with E-state index in [1.54, 1.807) is 0 Å². The molecule has 2 aromatic rings. The van der Waals surface area contributed by atoms with Crippen LogP contribution in [0.2, 0.25) is 0 Å². The van der Waals surface area contributed by atoms with Crippen molar-refractivity contribution in [1.82, 2.24) is 9.78 Å². The molecule has 2 nitrogen and oxygen atoms in total. The molecule has 0 aliphatic heterocycles. The molecule has 3 heteroatoms. The second-order valence-electron chi connectivity index (χ2n) is 3.95. The average Bonchev–Trinajstić information content (AvgIpc) is 2.78. The second kappa shape index (κ2) is 4.83. The fraction of sp³-hybridized carbons (Fsp3) is 0.308. The highest BCUT2D eigenvalue weighted by Gasteiger charge is 2.07. The van der Waals surface area contributed by atoms with Crippen LogP contribution >= 0.6 is 15.9 Å². The fourth-order valence-corrected chi connectivity index (χ4v) is 2.11. The van der Waals surface area contributed by atoms with Crippen molar-refractivity contribution in [3.63, 3.8) is 0 Å². The van der Waals surface area contributed by atoms with E-state index in [0.29, 0.717) is 6.04 Å². The van der Waals surface area contributed by atoms with Gasteiger partial charge in [-0.25, -0.2) is 0 Å². The van der Waals surface area contributed by atoms with E-state index in [0.717, 1.165) is 16.5 Å². The molecule has 1 aromatic carbocycles. The summed E-state index contributed by atoms with van der Waals surface area (Å²) in [6.45, 7) is 4.35. The highest BCUT2D eigenvalue weighted by molar-refractivity contribution is 9.10. The van der Waals surface area contributed by atoms with Crippen LogP contribution in [0, 0.1) is 0 Å². The first-order chi connectivity index (χ1) is 7.72. The zero-order valence-electron chi connectivity index (χ0n) is 9.52. The summed E-state index contributed by atoms with van der Waals surface area (Å²) >= 11 is 3.56. The van der Waals surface area contributed by atoms with Crippen molar-refractivity contribution in [3.05, 3.63) is 41.1 Å². The smallest absolute Gasteiger partial charge is 0.0568 e. The van der Waals surface area contributed by atoms with Crippen LogP contribution in [0.4, 0.5) is 0 Å². The number of benzene rings is 1. The van der Waals surface area contributed by atoms with E-state index in [1.165, 1.54) is 5.56 Å². The summed E-state index contributed by atoms with van der Waals surface area (Å²) in [5.41, 5.74) is 2.35. The molecule has 2 rings (SSSR count). The summed E-state index contributed by atoms with van der Waals surface area (Å²) in [4.78, 5) is 0. The van der Waals surface area contributed by atoms with Gasteiger partial charge in [-0.3, -0.25) is 4.68 Å².